The lowest BCUT2D eigenvalue weighted by Crippen LogP contribution is -2.38. The van der Waals surface area contributed by atoms with Crippen LogP contribution < -0.4 is 4.74 Å². The first-order valence-electron chi connectivity index (χ1n) is 10.3. The number of benzene rings is 2. The number of rotatable bonds is 8. The van der Waals surface area contributed by atoms with Crippen LogP contribution in [0.1, 0.15) is 31.0 Å². The first-order valence-corrected chi connectivity index (χ1v) is 10.7. The van der Waals surface area contributed by atoms with Gasteiger partial charge in [-0.25, -0.2) is 0 Å². The molecule has 1 unspecified atom stereocenters. The third-order valence-electron chi connectivity index (χ3n) is 5.62. The normalized spacial score (nSPS) is 18.1. The molecule has 1 amide bonds. The monoisotopic (exact) mass is 442 g/mol. The Morgan fingerprint density at radius 2 is 1.81 bits per heavy atom. The summed E-state index contributed by atoms with van der Waals surface area (Å²) < 4.78 is 5.23. The van der Waals surface area contributed by atoms with Crippen LogP contribution in [0.2, 0.25) is 5.02 Å². The molecule has 1 N–H and O–H groups in total. The highest BCUT2D eigenvalue weighted by Crippen LogP contribution is 2.39. The number of ketones is 1. The van der Waals surface area contributed by atoms with Gasteiger partial charge in [-0.15, -0.1) is 0 Å². The van der Waals surface area contributed by atoms with Crippen molar-refractivity contribution in [2.24, 2.45) is 0 Å². The van der Waals surface area contributed by atoms with Gasteiger partial charge in [0.1, 0.15) is 11.5 Å². The molecule has 0 bridgehead atoms. The molecule has 3 rings (SSSR count). The molecule has 164 valence electrons. The van der Waals surface area contributed by atoms with E-state index >= 15 is 0 Å². The summed E-state index contributed by atoms with van der Waals surface area (Å²) in [6.07, 6.45) is 0. The zero-order valence-corrected chi connectivity index (χ0v) is 18.7. The molecule has 1 aliphatic heterocycles. The molecule has 1 fully saturated rings. The third-order valence-corrected chi connectivity index (χ3v) is 5.87. The lowest BCUT2D eigenvalue weighted by molar-refractivity contribution is -0.140. The maximum Gasteiger partial charge on any atom is 0.295 e. The first-order chi connectivity index (χ1) is 14.9. The van der Waals surface area contributed by atoms with Crippen LogP contribution in [-0.4, -0.2) is 59.9 Å². The summed E-state index contributed by atoms with van der Waals surface area (Å²) in [5.74, 6) is -0.984. The Bertz CT molecular complexity index is 983. The number of carbonyl (C=O) groups excluding carboxylic acids is 2. The van der Waals surface area contributed by atoms with Gasteiger partial charge >= 0.3 is 0 Å². The molecule has 31 heavy (non-hydrogen) atoms. The molecule has 1 atom stereocenters. The van der Waals surface area contributed by atoms with Gasteiger partial charge in [0, 0.05) is 23.7 Å². The quantitative estimate of drug-likeness (QED) is 0.378. The zero-order chi connectivity index (χ0) is 22.5. The number of aliphatic hydroxyl groups excluding tert-OH is 1. The number of carbonyl (C=O) groups is 2. The van der Waals surface area contributed by atoms with Gasteiger partial charge in [-0.2, -0.15) is 0 Å². The number of amides is 1. The summed E-state index contributed by atoms with van der Waals surface area (Å²) in [6, 6.07) is 13.1. The smallest absolute Gasteiger partial charge is 0.295 e. The minimum atomic E-state index is -0.695. The van der Waals surface area contributed by atoms with Crippen LogP contribution in [0.4, 0.5) is 0 Å². The summed E-state index contributed by atoms with van der Waals surface area (Å²) in [4.78, 5) is 29.7. The van der Waals surface area contributed by atoms with Crippen LogP contribution in [0.5, 0.6) is 5.75 Å². The number of hydrogen-bond donors (Lipinski definition) is 1. The molecule has 0 radical (unpaired) electrons. The highest BCUT2D eigenvalue weighted by molar-refractivity contribution is 6.46. The van der Waals surface area contributed by atoms with Gasteiger partial charge in [-0.05, 0) is 42.9 Å². The number of likely N-dealkylation sites (tertiary alicyclic amines) is 1. The van der Waals surface area contributed by atoms with Crippen LogP contribution in [0.25, 0.3) is 5.76 Å². The van der Waals surface area contributed by atoms with Gasteiger partial charge in [0.25, 0.3) is 11.7 Å². The molecular formula is C24H27ClN2O4. The molecule has 0 saturated carbocycles. The highest BCUT2D eigenvalue weighted by atomic mass is 35.5. The number of likely N-dealkylation sites (N-methyl/N-ethyl adjacent to an activating group) is 1. The Balaban J connectivity index is 2.10. The topological polar surface area (TPSA) is 70.1 Å². The second kappa shape index (κ2) is 9.98. The molecule has 1 heterocycles. The number of halogens is 1. The molecule has 0 aromatic heterocycles. The van der Waals surface area contributed by atoms with Gasteiger partial charge in [0.2, 0.25) is 0 Å². The van der Waals surface area contributed by atoms with Crippen LogP contribution in [0.3, 0.4) is 0 Å². The number of methoxy groups -OCH3 is 1. The SMILES string of the molecule is CCN(CC)CCN1C(=O)C(=O)/C(=C(/O)c2cccc(OC)c2)C1c1ccc(Cl)cc1. The van der Waals surface area contributed by atoms with E-state index < -0.39 is 17.7 Å². The highest BCUT2D eigenvalue weighted by Gasteiger charge is 2.45. The second-order valence-corrected chi connectivity index (χ2v) is 7.74. The largest absolute Gasteiger partial charge is 0.507 e. The predicted octanol–water partition coefficient (Wildman–Crippen LogP) is 4.11. The van der Waals surface area contributed by atoms with Crippen molar-refractivity contribution in [1.29, 1.82) is 0 Å². The Labute approximate surface area is 187 Å². The lowest BCUT2D eigenvalue weighted by Gasteiger charge is -2.28. The van der Waals surface area contributed by atoms with Crippen molar-refractivity contribution >= 4 is 29.1 Å². The number of ether oxygens (including phenoxy) is 1. The van der Waals surface area contributed by atoms with E-state index in [1.54, 1.807) is 48.5 Å². The van der Waals surface area contributed by atoms with Crippen LogP contribution in [0, 0.1) is 0 Å². The molecule has 1 aliphatic rings. The summed E-state index contributed by atoms with van der Waals surface area (Å²) in [7, 11) is 1.53. The second-order valence-electron chi connectivity index (χ2n) is 7.30. The van der Waals surface area contributed by atoms with E-state index in [1.165, 1.54) is 12.0 Å². The van der Waals surface area contributed by atoms with Crippen molar-refractivity contribution in [3.63, 3.8) is 0 Å². The Morgan fingerprint density at radius 1 is 1.13 bits per heavy atom. The Kier molecular flexibility index (Phi) is 7.36. The van der Waals surface area contributed by atoms with Gasteiger partial charge in [0.15, 0.2) is 0 Å². The average Bonchev–Trinajstić information content (AvgIpc) is 3.04. The summed E-state index contributed by atoms with van der Waals surface area (Å²) in [5, 5.41) is 11.6. The summed E-state index contributed by atoms with van der Waals surface area (Å²) >= 11 is 6.05. The fourth-order valence-electron chi connectivity index (χ4n) is 3.82. The van der Waals surface area contributed by atoms with Crippen LogP contribution in [0.15, 0.2) is 54.1 Å². The van der Waals surface area contributed by atoms with Crippen molar-refractivity contribution in [2.75, 3.05) is 33.3 Å². The van der Waals surface area contributed by atoms with Crippen molar-refractivity contribution in [3.05, 3.63) is 70.3 Å². The predicted molar refractivity (Wildman–Crippen MR) is 121 cm³/mol. The Hall–Kier alpha value is -2.83. The minimum Gasteiger partial charge on any atom is -0.507 e. The molecule has 6 nitrogen and oxygen atoms in total. The summed E-state index contributed by atoms with van der Waals surface area (Å²) in [6.45, 7) is 6.79. The van der Waals surface area contributed by atoms with Gasteiger partial charge < -0.3 is 19.6 Å². The van der Waals surface area contributed by atoms with Gasteiger partial charge in [0.05, 0.1) is 18.7 Å². The average molecular weight is 443 g/mol. The van der Waals surface area contributed by atoms with Gasteiger partial charge in [-0.3, -0.25) is 9.59 Å². The minimum absolute atomic E-state index is 0.0696. The van der Waals surface area contributed by atoms with E-state index in [1.807, 2.05) is 0 Å². The van der Waals surface area contributed by atoms with E-state index in [2.05, 4.69) is 18.7 Å². The lowest BCUT2D eigenvalue weighted by atomic mass is 9.95. The van der Waals surface area contributed by atoms with Crippen molar-refractivity contribution in [3.8, 4) is 5.75 Å². The van der Waals surface area contributed by atoms with Crippen molar-refractivity contribution in [1.82, 2.24) is 9.80 Å². The van der Waals surface area contributed by atoms with E-state index in [4.69, 9.17) is 16.3 Å². The molecule has 0 aliphatic carbocycles. The molecular weight excluding hydrogens is 416 g/mol. The summed E-state index contributed by atoms with van der Waals surface area (Å²) in [5.41, 5.74) is 1.20. The fourth-order valence-corrected chi connectivity index (χ4v) is 3.94. The van der Waals surface area contributed by atoms with E-state index in [0.29, 0.717) is 35.0 Å². The molecule has 1 saturated heterocycles. The fraction of sp³-hybridized carbons (Fsp3) is 0.333. The number of Topliss-reactive ketones (excluding diaryl/α,β-unsaturated/α-hetero) is 1. The Morgan fingerprint density at radius 3 is 2.42 bits per heavy atom. The standard InChI is InChI=1S/C24H27ClN2O4/c1-4-26(5-2)13-14-27-21(16-9-11-18(25)12-10-16)20(23(29)24(27)30)22(28)17-7-6-8-19(15-17)31-3/h6-12,15,21,28H,4-5,13-14H2,1-3H3/b22-20+. The maximum absolute atomic E-state index is 13.0. The first kappa shape index (κ1) is 22.8. The molecule has 2 aromatic carbocycles. The number of hydrogen-bond acceptors (Lipinski definition) is 5. The van der Waals surface area contributed by atoms with E-state index in [9.17, 15) is 14.7 Å². The van der Waals surface area contributed by atoms with Crippen LogP contribution >= 0.6 is 11.6 Å². The van der Waals surface area contributed by atoms with Gasteiger partial charge in [-0.1, -0.05) is 49.7 Å². The number of aliphatic hydroxyl groups is 1. The molecule has 2 aromatic rings. The molecule has 0 spiro atoms. The molecule has 7 heteroatoms. The van der Waals surface area contributed by atoms with E-state index in [-0.39, 0.29) is 11.3 Å². The van der Waals surface area contributed by atoms with Crippen molar-refractivity contribution in [2.45, 2.75) is 19.9 Å². The maximum atomic E-state index is 13.0. The third kappa shape index (κ3) is 4.75. The van der Waals surface area contributed by atoms with Crippen LogP contribution in [-0.2, 0) is 9.59 Å². The number of nitrogens with zero attached hydrogens (tertiary/aromatic N) is 2. The zero-order valence-electron chi connectivity index (χ0n) is 18.0. The van der Waals surface area contributed by atoms with E-state index in [0.717, 1.165) is 13.1 Å². The van der Waals surface area contributed by atoms with Crippen molar-refractivity contribution < 1.29 is 19.4 Å².